The Kier molecular flexibility index (Phi) is 7.18. The van der Waals surface area contributed by atoms with Crippen molar-refractivity contribution in [2.24, 2.45) is 0 Å². The van der Waals surface area contributed by atoms with Crippen LogP contribution in [0, 0.1) is 0 Å². The standard InChI is InChI=1S/C23H24N2O3S2/c1-3-18-13-15-19(16-14-18)25(30(27,28)20-9-5-4-6-10-20)17-23(26)24-21-11-7-8-12-22(21)29-2/h4-16H,3,17H2,1-2H3,(H,24,26). The third-order valence-electron chi connectivity index (χ3n) is 4.63. The maximum atomic E-state index is 13.3. The summed E-state index contributed by atoms with van der Waals surface area (Å²) in [6, 6.07) is 22.8. The van der Waals surface area contributed by atoms with Crippen LogP contribution in [0.15, 0.2) is 88.7 Å². The van der Waals surface area contributed by atoms with Crippen molar-refractivity contribution in [1.29, 1.82) is 0 Å². The number of aryl methyl sites for hydroxylation is 1. The highest BCUT2D eigenvalue weighted by molar-refractivity contribution is 7.98. The Labute approximate surface area is 182 Å². The van der Waals surface area contributed by atoms with Crippen molar-refractivity contribution in [2.75, 3.05) is 22.4 Å². The van der Waals surface area contributed by atoms with Gasteiger partial charge in [0.05, 0.1) is 16.3 Å². The lowest BCUT2D eigenvalue weighted by atomic mass is 10.1. The van der Waals surface area contributed by atoms with E-state index in [4.69, 9.17) is 0 Å². The Bertz CT molecular complexity index is 1100. The van der Waals surface area contributed by atoms with Gasteiger partial charge < -0.3 is 5.32 Å². The summed E-state index contributed by atoms with van der Waals surface area (Å²) < 4.78 is 27.8. The first-order valence-corrected chi connectivity index (χ1v) is 12.2. The van der Waals surface area contributed by atoms with E-state index in [1.807, 2.05) is 43.5 Å². The van der Waals surface area contributed by atoms with E-state index in [1.54, 1.807) is 36.4 Å². The monoisotopic (exact) mass is 440 g/mol. The number of hydrogen-bond acceptors (Lipinski definition) is 4. The quantitative estimate of drug-likeness (QED) is 0.511. The summed E-state index contributed by atoms with van der Waals surface area (Å²) in [5, 5.41) is 2.84. The second kappa shape index (κ2) is 9.82. The van der Waals surface area contributed by atoms with Gasteiger partial charge in [0.2, 0.25) is 5.91 Å². The fraction of sp³-hybridized carbons (Fsp3) is 0.174. The maximum absolute atomic E-state index is 13.3. The van der Waals surface area contributed by atoms with Crippen LogP contribution in [0.25, 0.3) is 0 Å². The highest BCUT2D eigenvalue weighted by atomic mass is 32.2. The first-order valence-electron chi connectivity index (χ1n) is 9.55. The number of amides is 1. The van der Waals surface area contributed by atoms with Gasteiger partial charge in [-0.05, 0) is 54.6 Å². The number of thioether (sulfide) groups is 1. The fourth-order valence-electron chi connectivity index (χ4n) is 3.00. The van der Waals surface area contributed by atoms with Gasteiger partial charge >= 0.3 is 0 Å². The Balaban J connectivity index is 1.94. The zero-order valence-corrected chi connectivity index (χ0v) is 18.5. The molecule has 7 heteroatoms. The van der Waals surface area contributed by atoms with Crippen molar-refractivity contribution in [3.63, 3.8) is 0 Å². The lowest BCUT2D eigenvalue weighted by Crippen LogP contribution is -2.38. The highest BCUT2D eigenvalue weighted by Gasteiger charge is 2.27. The van der Waals surface area contributed by atoms with Crippen molar-refractivity contribution < 1.29 is 13.2 Å². The number of carbonyl (C=O) groups excluding carboxylic acids is 1. The Hall–Kier alpha value is -2.77. The van der Waals surface area contributed by atoms with Gasteiger partial charge in [-0.3, -0.25) is 9.10 Å². The molecule has 0 aliphatic rings. The van der Waals surface area contributed by atoms with Gasteiger partial charge in [0, 0.05) is 4.90 Å². The minimum Gasteiger partial charge on any atom is -0.323 e. The highest BCUT2D eigenvalue weighted by Crippen LogP contribution is 2.26. The molecule has 3 rings (SSSR count). The minimum atomic E-state index is -3.91. The molecule has 0 unspecified atom stereocenters. The van der Waals surface area contributed by atoms with Crippen LogP contribution in [-0.4, -0.2) is 27.1 Å². The third kappa shape index (κ3) is 5.04. The molecule has 0 bridgehead atoms. The second-order valence-corrected chi connectivity index (χ2v) is 9.30. The van der Waals surface area contributed by atoms with Gasteiger partial charge in [-0.25, -0.2) is 8.42 Å². The average Bonchev–Trinajstić information content (AvgIpc) is 2.78. The summed E-state index contributed by atoms with van der Waals surface area (Å²) >= 11 is 1.51. The number of benzene rings is 3. The predicted molar refractivity (Wildman–Crippen MR) is 124 cm³/mol. The molecular formula is C23H24N2O3S2. The van der Waals surface area contributed by atoms with Crippen LogP contribution in [0.4, 0.5) is 11.4 Å². The summed E-state index contributed by atoms with van der Waals surface area (Å²) in [6.07, 6.45) is 2.77. The lowest BCUT2D eigenvalue weighted by Gasteiger charge is -2.24. The van der Waals surface area contributed by atoms with Crippen LogP contribution in [0.3, 0.4) is 0 Å². The Morgan fingerprint density at radius 3 is 2.20 bits per heavy atom. The smallest absolute Gasteiger partial charge is 0.264 e. The minimum absolute atomic E-state index is 0.141. The lowest BCUT2D eigenvalue weighted by molar-refractivity contribution is -0.114. The van der Waals surface area contributed by atoms with E-state index in [0.717, 1.165) is 21.2 Å². The topological polar surface area (TPSA) is 66.5 Å². The molecule has 0 saturated carbocycles. The first kappa shape index (κ1) is 21.9. The molecule has 3 aromatic rings. The van der Waals surface area contributed by atoms with Crippen LogP contribution >= 0.6 is 11.8 Å². The molecule has 5 nitrogen and oxygen atoms in total. The van der Waals surface area contributed by atoms with Gasteiger partial charge in [-0.15, -0.1) is 11.8 Å². The Morgan fingerprint density at radius 1 is 0.933 bits per heavy atom. The molecule has 0 atom stereocenters. The molecule has 0 spiro atoms. The van der Waals surface area contributed by atoms with Crippen LogP contribution in [0.1, 0.15) is 12.5 Å². The molecule has 0 saturated heterocycles. The normalized spacial score (nSPS) is 11.1. The van der Waals surface area contributed by atoms with E-state index in [0.29, 0.717) is 11.4 Å². The van der Waals surface area contributed by atoms with Crippen LogP contribution < -0.4 is 9.62 Å². The van der Waals surface area contributed by atoms with Gasteiger partial charge in [-0.1, -0.05) is 49.4 Å². The molecule has 0 aliphatic heterocycles. The summed E-state index contributed by atoms with van der Waals surface area (Å²) in [5.74, 6) is -0.407. The predicted octanol–water partition coefficient (Wildman–Crippen LogP) is 4.80. The Morgan fingerprint density at radius 2 is 1.57 bits per heavy atom. The number of sulfonamides is 1. The van der Waals surface area contributed by atoms with Crippen LogP contribution in [-0.2, 0) is 21.2 Å². The number of nitrogens with one attached hydrogen (secondary N) is 1. The van der Waals surface area contributed by atoms with Crippen molar-refractivity contribution in [2.45, 2.75) is 23.1 Å². The number of nitrogens with zero attached hydrogens (tertiary/aromatic N) is 1. The summed E-state index contributed by atoms with van der Waals surface area (Å²) in [6.45, 7) is 1.70. The number of hydrogen-bond donors (Lipinski definition) is 1. The maximum Gasteiger partial charge on any atom is 0.264 e. The molecule has 0 heterocycles. The largest absolute Gasteiger partial charge is 0.323 e. The van der Waals surface area contributed by atoms with Crippen molar-refractivity contribution in [1.82, 2.24) is 0 Å². The molecule has 0 radical (unpaired) electrons. The number of para-hydroxylation sites is 1. The van der Waals surface area contributed by atoms with E-state index >= 15 is 0 Å². The average molecular weight is 441 g/mol. The van der Waals surface area contributed by atoms with Crippen molar-refractivity contribution in [3.8, 4) is 0 Å². The van der Waals surface area contributed by atoms with E-state index in [2.05, 4.69) is 5.32 Å². The zero-order chi connectivity index (χ0) is 21.6. The van der Waals surface area contributed by atoms with E-state index in [9.17, 15) is 13.2 Å². The summed E-state index contributed by atoms with van der Waals surface area (Å²) in [7, 11) is -3.91. The molecule has 30 heavy (non-hydrogen) atoms. The molecule has 1 amide bonds. The van der Waals surface area contributed by atoms with Crippen molar-refractivity contribution >= 4 is 39.1 Å². The number of anilines is 2. The molecular weight excluding hydrogens is 416 g/mol. The van der Waals surface area contributed by atoms with Crippen LogP contribution in [0.5, 0.6) is 0 Å². The summed E-state index contributed by atoms with van der Waals surface area (Å²) in [5.41, 5.74) is 2.20. The van der Waals surface area contributed by atoms with Crippen molar-refractivity contribution in [3.05, 3.63) is 84.4 Å². The van der Waals surface area contributed by atoms with E-state index in [-0.39, 0.29) is 11.4 Å². The molecule has 156 valence electrons. The van der Waals surface area contributed by atoms with Gasteiger partial charge in [0.25, 0.3) is 10.0 Å². The van der Waals surface area contributed by atoms with Gasteiger partial charge in [-0.2, -0.15) is 0 Å². The molecule has 0 aliphatic carbocycles. The third-order valence-corrected chi connectivity index (χ3v) is 7.22. The van der Waals surface area contributed by atoms with Gasteiger partial charge in [0.15, 0.2) is 0 Å². The molecule has 3 aromatic carbocycles. The van der Waals surface area contributed by atoms with E-state index in [1.165, 1.54) is 23.9 Å². The first-order chi connectivity index (χ1) is 14.5. The zero-order valence-electron chi connectivity index (χ0n) is 16.9. The van der Waals surface area contributed by atoms with Crippen LogP contribution in [0.2, 0.25) is 0 Å². The summed E-state index contributed by atoms with van der Waals surface area (Å²) in [4.78, 5) is 13.9. The molecule has 1 N–H and O–H groups in total. The number of carbonyl (C=O) groups is 1. The molecule has 0 fully saturated rings. The SMILES string of the molecule is CCc1ccc(N(CC(=O)Nc2ccccc2SC)S(=O)(=O)c2ccccc2)cc1. The fourth-order valence-corrected chi connectivity index (χ4v) is 5.00. The second-order valence-electron chi connectivity index (χ2n) is 6.59. The van der Waals surface area contributed by atoms with Gasteiger partial charge in [0.1, 0.15) is 6.54 Å². The number of rotatable bonds is 8. The van der Waals surface area contributed by atoms with E-state index < -0.39 is 15.9 Å². The molecule has 0 aromatic heterocycles.